The minimum atomic E-state index is 0.272. The predicted molar refractivity (Wildman–Crippen MR) is 95.4 cm³/mol. The van der Waals surface area contributed by atoms with Crippen LogP contribution in [0.4, 0.5) is 5.95 Å². The molecule has 0 unspecified atom stereocenters. The fraction of sp³-hybridized carbons (Fsp3) is 0.421. The number of nitrogens with zero attached hydrogens (tertiary/aromatic N) is 4. The van der Waals surface area contributed by atoms with Crippen molar-refractivity contribution in [2.45, 2.75) is 13.0 Å². The van der Waals surface area contributed by atoms with Gasteiger partial charge in [0.05, 0.1) is 26.2 Å². The van der Waals surface area contributed by atoms with Crippen LogP contribution in [0, 0.1) is 0 Å². The van der Waals surface area contributed by atoms with Gasteiger partial charge in [0.25, 0.3) is 5.91 Å². The third-order valence-corrected chi connectivity index (χ3v) is 5.19. The van der Waals surface area contributed by atoms with Gasteiger partial charge >= 0.3 is 0 Å². The summed E-state index contributed by atoms with van der Waals surface area (Å²) in [5, 5.41) is 0. The number of carbonyl (C=O) groups excluding carboxylic acids is 1. The van der Waals surface area contributed by atoms with E-state index in [0.29, 0.717) is 6.54 Å². The van der Waals surface area contributed by atoms with E-state index < -0.39 is 0 Å². The lowest BCUT2D eigenvalue weighted by Crippen LogP contribution is -3.16. The van der Waals surface area contributed by atoms with Gasteiger partial charge in [0, 0.05) is 25.5 Å². The van der Waals surface area contributed by atoms with E-state index in [1.807, 2.05) is 11.0 Å². The van der Waals surface area contributed by atoms with E-state index in [2.05, 4.69) is 39.1 Å². The van der Waals surface area contributed by atoms with Gasteiger partial charge in [-0.2, -0.15) is 0 Å². The van der Waals surface area contributed by atoms with Gasteiger partial charge in [-0.05, 0) is 23.6 Å². The van der Waals surface area contributed by atoms with Crippen molar-refractivity contribution < 1.29 is 9.69 Å². The van der Waals surface area contributed by atoms with Crippen molar-refractivity contribution in [2.24, 2.45) is 0 Å². The Morgan fingerprint density at radius 1 is 1.00 bits per heavy atom. The fourth-order valence-corrected chi connectivity index (χ4v) is 3.69. The molecule has 0 aliphatic carbocycles. The van der Waals surface area contributed by atoms with Crippen LogP contribution in [0.2, 0.25) is 0 Å². The normalized spacial score (nSPS) is 18.1. The molecule has 130 valence electrons. The Hall–Kier alpha value is -2.47. The van der Waals surface area contributed by atoms with Crippen LogP contribution in [-0.2, 0) is 17.8 Å². The van der Waals surface area contributed by atoms with E-state index in [0.717, 1.165) is 51.6 Å². The zero-order valence-electron chi connectivity index (χ0n) is 14.4. The highest BCUT2D eigenvalue weighted by molar-refractivity contribution is 5.77. The van der Waals surface area contributed by atoms with Crippen LogP contribution in [-0.4, -0.2) is 60.0 Å². The van der Waals surface area contributed by atoms with E-state index in [1.54, 1.807) is 12.4 Å². The van der Waals surface area contributed by atoms with Crippen molar-refractivity contribution in [1.29, 1.82) is 0 Å². The number of anilines is 1. The molecule has 1 saturated heterocycles. The Bertz CT molecular complexity index is 728. The number of nitrogens with one attached hydrogen (secondary N) is 1. The van der Waals surface area contributed by atoms with Gasteiger partial charge in [-0.3, -0.25) is 4.79 Å². The minimum Gasteiger partial charge on any atom is -0.333 e. The van der Waals surface area contributed by atoms with Crippen LogP contribution in [0.3, 0.4) is 0 Å². The Morgan fingerprint density at radius 3 is 2.48 bits per heavy atom. The van der Waals surface area contributed by atoms with Gasteiger partial charge < -0.3 is 14.7 Å². The van der Waals surface area contributed by atoms with Gasteiger partial charge in [0.2, 0.25) is 5.95 Å². The number of quaternary nitrogens is 1. The van der Waals surface area contributed by atoms with Crippen LogP contribution < -0.4 is 9.80 Å². The van der Waals surface area contributed by atoms with Crippen LogP contribution in [0.15, 0.2) is 42.7 Å². The van der Waals surface area contributed by atoms with Crippen molar-refractivity contribution in [3.63, 3.8) is 0 Å². The van der Waals surface area contributed by atoms with Crippen molar-refractivity contribution in [1.82, 2.24) is 14.9 Å². The van der Waals surface area contributed by atoms with E-state index in [9.17, 15) is 4.79 Å². The lowest BCUT2D eigenvalue weighted by Gasteiger charge is -2.34. The first-order chi connectivity index (χ1) is 12.3. The van der Waals surface area contributed by atoms with E-state index >= 15 is 0 Å². The number of amides is 1. The number of aromatic nitrogens is 2. The summed E-state index contributed by atoms with van der Waals surface area (Å²) in [7, 11) is 0. The standard InChI is InChI=1S/C19H23N5O/c25-18(24-9-6-16-4-1-2-5-17(16)14-24)15-22-10-12-23(13-11-22)19-20-7-3-8-21-19/h1-5,7-8H,6,9-15H2/p+1. The zero-order valence-corrected chi connectivity index (χ0v) is 14.4. The summed E-state index contributed by atoms with van der Waals surface area (Å²) in [6.45, 7) is 5.89. The molecule has 0 atom stereocenters. The van der Waals surface area contributed by atoms with Crippen molar-refractivity contribution in [2.75, 3.05) is 44.2 Å². The third kappa shape index (κ3) is 3.64. The Morgan fingerprint density at radius 2 is 1.72 bits per heavy atom. The second-order valence-corrected chi connectivity index (χ2v) is 6.80. The molecule has 2 aromatic rings. The van der Waals surface area contributed by atoms with Gasteiger partial charge in [0.15, 0.2) is 6.54 Å². The average Bonchev–Trinajstić information content (AvgIpc) is 2.69. The van der Waals surface area contributed by atoms with Crippen LogP contribution >= 0.6 is 0 Å². The minimum absolute atomic E-state index is 0.272. The molecule has 6 nitrogen and oxygen atoms in total. The molecule has 1 fully saturated rings. The first-order valence-electron chi connectivity index (χ1n) is 9.00. The lowest BCUT2D eigenvalue weighted by atomic mass is 10.00. The number of hydrogen-bond donors (Lipinski definition) is 1. The summed E-state index contributed by atoms with van der Waals surface area (Å²) >= 11 is 0. The number of carbonyl (C=O) groups is 1. The molecule has 1 amide bonds. The molecule has 1 N–H and O–H groups in total. The molecule has 6 heteroatoms. The highest BCUT2D eigenvalue weighted by Gasteiger charge is 2.27. The molecular weight excluding hydrogens is 314 g/mol. The molecule has 1 aromatic heterocycles. The topological polar surface area (TPSA) is 53.8 Å². The van der Waals surface area contributed by atoms with E-state index in [-0.39, 0.29) is 5.91 Å². The molecule has 25 heavy (non-hydrogen) atoms. The SMILES string of the molecule is O=C(C[NH+]1CCN(c2ncccn2)CC1)N1CCc2ccccc2C1. The molecule has 3 heterocycles. The maximum atomic E-state index is 12.7. The molecule has 0 saturated carbocycles. The average molecular weight is 338 g/mol. The molecule has 4 rings (SSSR count). The maximum absolute atomic E-state index is 12.7. The predicted octanol–water partition coefficient (Wildman–Crippen LogP) is -0.234. The lowest BCUT2D eigenvalue weighted by molar-refractivity contribution is -0.892. The monoisotopic (exact) mass is 338 g/mol. The number of fused-ring (bicyclic) bond motifs is 1. The van der Waals surface area contributed by atoms with Crippen LogP contribution in [0.25, 0.3) is 0 Å². The molecule has 0 radical (unpaired) electrons. The van der Waals surface area contributed by atoms with Crippen LogP contribution in [0.1, 0.15) is 11.1 Å². The Kier molecular flexibility index (Phi) is 4.61. The molecule has 1 aromatic carbocycles. The summed E-state index contributed by atoms with van der Waals surface area (Å²) in [5.41, 5.74) is 2.68. The fourth-order valence-electron chi connectivity index (χ4n) is 3.69. The largest absolute Gasteiger partial charge is 0.333 e. The summed E-state index contributed by atoms with van der Waals surface area (Å²) in [6, 6.07) is 10.3. The van der Waals surface area contributed by atoms with Crippen molar-refractivity contribution in [3.05, 3.63) is 53.9 Å². The smallest absolute Gasteiger partial charge is 0.278 e. The van der Waals surface area contributed by atoms with Crippen molar-refractivity contribution in [3.8, 4) is 0 Å². The number of rotatable bonds is 3. The molecule has 0 bridgehead atoms. The molecular formula is C19H24N5O+. The van der Waals surface area contributed by atoms with Gasteiger partial charge in [-0.25, -0.2) is 9.97 Å². The number of benzene rings is 1. The molecule has 2 aliphatic rings. The highest BCUT2D eigenvalue weighted by Crippen LogP contribution is 2.18. The van der Waals surface area contributed by atoms with Crippen LogP contribution in [0.5, 0.6) is 0 Å². The second kappa shape index (κ2) is 7.19. The maximum Gasteiger partial charge on any atom is 0.278 e. The van der Waals surface area contributed by atoms with Gasteiger partial charge in [-0.1, -0.05) is 24.3 Å². The van der Waals surface area contributed by atoms with Crippen molar-refractivity contribution >= 4 is 11.9 Å². The summed E-state index contributed by atoms with van der Waals surface area (Å²) in [4.78, 5) is 26.9. The first kappa shape index (κ1) is 16.0. The third-order valence-electron chi connectivity index (χ3n) is 5.19. The molecule has 0 spiro atoms. The Labute approximate surface area is 148 Å². The summed E-state index contributed by atoms with van der Waals surface area (Å²) < 4.78 is 0. The van der Waals surface area contributed by atoms with Gasteiger partial charge in [0.1, 0.15) is 0 Å². The number of hydrogen-bond acceptors (Lipinski definition) is 4. The number of piperazine rings is 1. The zero-order chi connectivity index (χ0) is 17.1. The second-order valence-electron chi connectivity index (χ2n) is 6.80. The van der Waals surface area contributed by atoms with Gasteiger partial charge in [-0.15, -0.1) is 0 Å². The van der Waals surface area contributed by atoms with E-state index in [1.165, 1.54) is 16.0 Å². The Balaban J connectivity index is 1.30. The summed E-state index contributed by atoms with van der Waals surface area (Å²) in [5.74, 6) is 1.06. The highest BCUT2D eigenvalue weighted by atomic mass is 16.2. The summed E-state index contributed by atoms with van der Waals surface area (Å²) in [6.07, 6.45) is 4.52. The quantitative estimate of drug-likeness (QED) is 0.840. The van der Waals surface area contributed by atoms with E-state index in [4.69, 9.17) is 0 Å². The first-order valence-corrected chi connectivity index (χ1v) is 9.00. The molecule has 2 aliphatic heterocycles.